The molecule has 6 heteroatoms. The Hall–Kier alpha value is -2.37. The number of benzene rings is 2. The van der Waals surface area contributed by atoms with Gasteiger partial charge < -0.3 is 16.4 Å². The van der Waals surface area contributed by atoms with Gasteiger partial charge in [0.05, 0.1) is 6.04 Å². The summed E-state index contributed by atoms with van der Waals surface area (Å²) in [6, 6.07) is 18.0. The van der Waals surface area contributed by atoms with Crippen LogP contribution in [0, 0.1) is 5.92 Å². The van der Waals surface area contributed by atoms with Crippen LogP contribution in [0.1, 0.15) is 31.4 Å². The number of nitrogens with two attached hydrogens (primary N) is 1. The van der Waals surface area contributed by atoms with Gasteiger partial charge in [-0.25, -0.2) is 0 Å². The predicted octanol–water partition coefficient (Wildman–Crippen LogP) is 2.83. The van der Waals surface area contributed by atoms with Gasteiger partial charge in [-0.05, 0) is 23.5 Å². The summed E-state index contributed by atoms with van der Waals surface area (Å²) in [6.45, 7) is 4.38. The van der Waals surface area contributed by atoms with Crippen molar-refractivity contribution in [3.05, 3.63) is 71.8 Å². The van der Waals surface area contributed by atoms with E-state index in [0.29, 0.717) is 13.0 Å². The molecule has 5 nitrogen and oxygen atoms in total. The number of nitrogens with one attached hydrogen (secondary N) is 2. The topological polar surface area (TPSA) is 84.2 Å². The molecule has 0 aromatic heterocycles. The van der Waals surface area contributed by atoms with Crippen LogP contribution < -0.4 is 16.4 Å². The van der Waals surface area contributed by atoms with Gasteiger partial charge in [-0.1, -0.05) is 80.9 Å². The molecule has 0 heterocycles. The van der Waals surface area contributed by atoms with Crippen molar-refractivity contribution < 1.29 is 9.59 Å². The highest BCUT2D eigenvalue weighted by atomic mass is 35.5. The molecule has 0 radical (unpaired) electrons. The van der Waals surface area contributed by atoms with Crippen molar-refractivity contribution in [2.75, 3.05) is 0 Å². The van der Waals surface area contributed by atoms with Crippen LogP contribution in [0.15, 0.2) is 60.7 Å². The third-order valence-corrected chi connectivity index (χ3v) is 4.74. The molecule has 0 aliphatic rings. The Morgan fingerprint density at radius 1 is 0.929 bits per heavy atom. The van der Waals surface area contributed by atoms with Gasteiger partial charge in [0.1, 0.15) is 6.04 Å². The minimum Gasteiger partial charge on any atom is -0.350 e. The summed E-state index contributed by atoms with van der Waals surface area (Å²) in [5, 5.41) is 5.76. The SMILES string of the molecule is CC[C@H](C)[C@H](NC(=O)[C@@H](N)Cc1ccccc1)C(=O)NCc1ccccc1.Cl. The van der Waals surface area contributed by atoms with Crippen molar-refractivity contribution in [2.24, 2.45) is 11.7 Å². The van der Waals surface area contributed by atoms with Crippen molar-refractivity contribution in [1.82, 2.24) is 10.6 Å². The molecule has 0 aliphatic carbocycles. The van der Waals surface area contributed by atoms with E-state index < -0.39 is 12.1 Å². The molecule has 0 spiro atoms. The number of amides is 2. The normalized spacial score (nSPS) is 13.5. The maximum absolute atomic E-state index is 12.7. The van der Waals surface area contributed by atoms with Gasteiger partial charge >= 0.3 is 0 Å². The van der Waals surface area contributed by atoms with E-state index in [9.17, 15) is 9.59 Å². The number of rotatable bonds is 9. The maximum atomic E-state index is 12.7. The van der Waals surface area contributed by atoms with Crippen LogP contribution in [0.5, 0.6) is 0 Å². The lowest BCUT2D eigenvalue weighted by Crippen LogP contribution is -2.54. The first-order valence-electron chi connectivity index (χ1n) is 9.42. The highest BCUT2D eigenvalue weighted by Gasteiger charge is 2.27. The second-order valence-corrected chi connectivity index (χ2v) is 6.87. The average molecular weight is 404 g/mol. The fraction of sp³-hybridized carbons (Fsp3) is 0.364. The Morgan fingerprint density at radius 3 is 2.00 bits per heavy atom. The van der Waals surface area contributed by atoms with E-state index in [4.69, 9.17) is 5.73 Å². The zero-order valence-corrected chi connectivity index (χ0v) is 17.2. The second-order valence-electron chi connectivity index (χ2n) is 6.87. The molecule has 2 amide bonds. The third kappa shape index (κ3) is 7.33. The van der Waals surface area contributed by atoms with E-state index in [1.165, 1.54) is 0 Å². The van der Waals surface area contributed by atoms with Gasteiger partial charge in [0.2, 0.25) is 11.8 Å². The zero-order chi connectivity index (χ0) is 19.6. The van der Waals surface area contributed by atoms with Crippen LogP contribution in [0.3, 0.4) is 0 Å². The molecule has 2 rings (SSSR count). The Labute approximate surface area is 173 Å². The van der Waals surface area contributed by atoms with Crippen molar-refractivity contribution in [2.45, 2.75) is 45.3 Å². The van der Waals surface area contributed by atoms with E-state index in [2.05, 4.69) is 10.6 Å². The lowest BCUT2D eigenvalue weighted by atomic mass is 9.97. The van der Waals surface area contributed by atoms with Crippen molar-refractivity contribution in [3.63, 3.8) is 0 Å². The minimum atomic E-state index is -0.694. The second kappa shape index (κ2) is 12.2. The molecule has 0 bridgehead atoms. The summed E-state index contributed by atoms with van der Waals surface area (Å²) in [5.74, 6) is -0.485. The van der Waals surface area contributed by atoms with Crippen LogP contribution >= 0.6 is 12.4 Å². The van der Waals surface area contributed by atoms with Crippen molar-refractivity contribution >= 4 is 24.2 Å². The molecular weight excluding hydrogens is 374 g/mol. The first kappa shape index (κ1) is 23.7. The molecule has 2 aromatic rings. The van der Waals surface area contributed by atoms with Gasteiger partial charge in [0.15, 0.2) is 0 Å². The van der Waals surface area contributed by atoms with Crippen LogP contribution in [0.4, 0.5) is 0 Å². The molecule has 0 unspecified atom stereocenters. The highest BCUT2D eigenvalue weighted by Crippen LogP contribution is 2.10. The Kier molecular flexibility index (Phi) is 10.3. The summed E-state index contributed by atoms with van der Waals surface area (Å²) < 4.78 is 0. The van der Waals surface area contributed by atoms with Crippen LogP contribution in [-0.2, 0) is 22.6 Å². The molecule has 4 N–H and O–H groups in total. The molecule has 28 heavy (non-hydrogen) atoms. The first-order valence-corrected chi connectivity index (χ1v) is 9.42. The molecular formula is C22H30ClN3O2. The van der Waals surface area contributed by atoms with Crippen LogP contribution in [0.2, 0.25) is 0 Å². The molecule has 3 atom stereocenters. The summed E-state index contributed by atoms with van der Waals surface area (Å²) in [5.41, 5.74) is 8.07. The molecule has 0 fully saturated rings. The van der Waals surface area contributed by atoms with Crippen molar-refractivity contribution in [3.8, 4) is 0 Å². The quantitative estimate of drug-likeness (QED) is 0.601. The third-order valence-electron chi connectivity index (χ3n) is 4.74. The van der Waals surface area contributed by atoms with E-state index >= 15 is 0 Å². The molecule has 2 aromatic carbocycles. The number of hydrogen-bond donors (Lipinski definition) is 3. The van der Waals surface area contributed by atoms with Gasteiger partial charge in [0, 0.05) is 6.54 Å². The van der Waals surface area contributed by atoms with Gasteiger partial charge in [-0.15, -0.1) is 12.4 Å². The largest absolute Gasteiger partial charge is 0.350 e. The fourth-order valence-corrected chi connectivity index (χ4v) is 2.82. The molecule has 0 aliphatic heterocycles. The van der Waals surface area contributed by atoms with Gasteiger partial charge in [-0.3, -0.25) is 9.59 Å². The number of carbonyl (C=O) groups is 2. The standard InChI is InChI=1S/C22H29N3O2.ClH/c1-3-16(2)20(22(27)24-15-18-12-8-5-9-13-18)25-21(26)19(23)14-17-10-6-4-7-11-17;/h4-13,16,19-20H,3,14-15,23H2,1-2H3,(H,24,27)(H,25,26);1H/t16-,19-,20-;/m0./s1. The lowest BCUT2D eigenvalue weighted by molar-refractivity contribution is -0.130. The van der Waals surface area contributed by atoms with Gasteiger partial charge in [0.25, 0.3) is 0 Å². The van der Waals surface area contributed by atoms with Crippen LogP contribution in [-0.4, -0.2) is 23.9 Å². The minimum absolute atomic E-state index is 0. The molecule has 0 saturated heterocycles. The monoisotopic (exact) mass is 403 g/mol. The van der Waals surface area contributed by atoms with E-state index in [1.54, 1.807) is 0 Å². The first-order chi connectivity index (χ1) is 13.0. The average Bonchev–Trinajstić information content (AvgIpc) is 2.71. The molecule has 0 saturated carbocycles. The van der Waals surface area contributed by atoms with Crippen molar-refractivity contribution in [1.29, 1.82) is 0 Å². The molecule has 152 valence electrons. The van der Waals surface area contributed by atoms with E-state index in [1.807, 2.05) is 74.5 Å². The number of halogens is 1. The maximum Gasteiger partial charge on any atom is 0.243 e. The number of hydrogen-bond acceptors (Lipinski definition) is 3. The summed E-state index contributed by atoms with van der Waals surface area (Å²) >= 11 is 0. The van der Waals surface area contributed by atoms with E-state index in [-0.39, 0.29) is 30.1 Å². The number of carbonyl (C=O) groups excluding carboxylic acids is 2. The predicted molar refractivity (Wildman–Crippen MR) is 115 cm³/mol. The van der Waals surface area contributed by atoms with Crippen LogP contribution in [0.25, 0.3) is 0 Å². The van der Waals surface area contributed by atoms with E-state index in [0.717, 1.165) is 17.5 Å². The fourth-order valence-electron chi connectivity index (χ4n) is 2.82. The Balaban J connectivity index is 0.00000392. The van der Waals surface area contributed by atoms with Gasteiger partial charge in [-0.2, -0.15) is 0 Å². The Morgan fingerprint density at radius 2 is 1.46 bits per heavy atom. The zero-order valence-electron chi connectivity index (χ0n) is 16.4. The lowest BCUT2D eigenvalue weighted by Gasteiger charge is -2.25. The summed E-state index contributed by atoms with van der Waals surface area (Å²) in [7, 11) is 0. The Bertz CT molecular complexity index is 725. The summed E-state index contributed by atoms with van der Waals surface area (Å²) in [4.78, 5) is 25.2. The highest BCUT2D eigenvalue weighted by molar-refractivity contribution is 5.90. The summed E-state index contributed by atoms with van der Waals surface area (Å²) in [6.07, 6.45) is 1.21. The smallest absolute Gasteiger partial charge is 0.243 e.